The van der Waals surface area contributed by atoms with Gasteiger partial charge in [0.05, 0.1) is 49.5 Å². The summed E-state index contributed by atoms with van der Waals surface area (Å²) in [4.78, 5) is 65.9. The van der Waals surface area contributed by atoms with Gasteiger partial charge in [0.25, 0.3) is 0 Å². The lowest BCUT2D eigenvalue weighted by Gasteiger charge is -2.45. The molecule has 3 N–H and O–H groups in total. The van der Waals surface area contributed by atoms with Crippen molar-refractivity contribution in [3.05, 3.63) is 99.7 Å². The van der Waals surface area contributed by atoms with E-state index in [0.29, 0.717) is 23.6 Å². The second-order valence-electron chi connectivity index (χ2n) is 18.2. The highest BCUT2D eigenvalue weighted by Gasteiger charge is 2.46. The van der Waals surface area contributed by atoms with E-state index >= 15 is 4.39 Å². The number of amides is 4. The Bertz CT molecular complexity index is 2470. The van der Waals surface area contributed by atoms with Crippen molar-refractivity contribution in [3.8, 4) is 22.8 Å². The van der Waals surface area contributed by atoms with Crippen LogP contribution in [-0.2, 0) is 45.7 Å². The van der Waals surface area contributed by atoms with E-state index in [-0.39, 0.29) is 53.6 Å². The summed E-state index contributed by atoms with van der Waals surface area (Å²) in [6.07, 6.45) is -2.78. The van der Waals surface area contributed by atoms with Gasteiger partial charge in [0, 0.05) is 53.3 Å². The Kier molecular flexibility index (Phi) is 14.9. The number of carbonyl (C=O) groups excluding carboxylic acids is 4. The number of aliphatic hydroxyl groups is 1. The fourth-order valence-electron chi connectivity index (χ4n) is 9.16. The van der Waals surface area contributed by atoms with Crippen LogP contribution in [0.5, 0.6) is 11.5 Å². The van der Waals surface area contributed by atoms with Crippen LogP contribution in [0.3, 0.4) is 0 Å². The average Bonchev–Trinajstić information content (AvgIpc) is 3.92. The Balaban J connectivity index is 1.18. The van der Waals surface area contributed by atoms with E-state index in [1.807, 2.05) is 11.6 Å². The molecule has 360 valence electrons. The first kappa shape index (κ1) is 49.7. The lowest BCUT2D eigenvalue weighted by Crippen LogP contribution is -2.65. The zero-order valence-corrected chi connectivity index (χ0v) is 39.3. The smallest absolute Gasteiger partial charge is 0.389 e. The van der Waals surface area contributed by atoms with Crippen molar-refractivity contribution in [2.24, 2.45) is 13.0 Å². The van der Waals surface area contributed by atoms with Gasteiger partial charge in [0.2, 0.25) is 23.6 Å². The zero-order chi connectivity index (χ0) is 48.4. The van der Waals surface area contributed by atoms with E-state index in [1.165, 1.54) is 17.9 Å². The van der Waals surface area contributed by atoms with Crippen molar-refractivity contribution >= 4 is 46.8 Å². The number of ether oxygens (including phenoxy) is 1. The van der Waals surface area contributed by atoms with Crippen LogP contribution in [0, 0.1) is 11.7 Å². The fraction of sp³-hybridized carbons (Fsp3) is 0.479. The molecule has 1 aromatic heterocycles. The zero-order valence-electron chi connectivity index (χ0n) is 37.8. The minimum Gasteiger partial charge on any atom is -0.457 e. The molecule has 2 saturated heterocycles. The molecule has 3 heterocycles. The lowest BCUT2D eigenvalue weighted by molar-refractivity contribution is -0.164. The number of halogens is 6. The molecule has 2 bridgehead atoms. The number of hydrogen-bond donors (Lipinski definition) is 3. The highest BCUT2D eigenvalue weighted by Crippen LogP contribution is 2.42. The third-order valence-electron chi connectivity index (χ3n) is 13.3. The number of carbonyl (C=O) groups is 4. The Labute approximate surface area is 396 Å². The molecule has 4 aromatic rings. The van der Waals surface area contributed by atoms with Gasteiger partial charge in [-0.15, -0.1) is 0 Å². The highest BCUT2D eigenvalue weighted by atomic mass is 35.5. The molecule has 1 saturated carbocycles. The van der Waals surface area contributed by atoms with Gasteiger partial charge < -0.3 is 34.8 Å². The molecule has 0 radical (unpaired) electrons. The summed E-state index contributed by atoms with van der Waals surface area (Å²) in [7, 11) is 1.94. The Morgan fingerprint density at radius 3 is 2.33 bits per heavy atom. The summed E-state index contributed by atoms with van der Waals surface area (Å²) in [5.74, 6) is -5.77. The van der Waals surface area contributed by atoms with Crippen LogP contribution in [0.15, 0.2) is 66.9 Å². The Hall–Kier alpha value is -5.23. The van der Waals surface area contributed by atoms with Crippen molar-refractivity contribution in [1.29, 1.82) is 0 Å². The molecule has 0 unspecified atom stereocenters. The third kappa shape index (κ3) is 11.7. The SMILES string of the molecule is CCN(Cc1ncc(-c2ccc(Oc3cc(Cl)cc(F)c3CN3C(=O)C[C@@H](CC(F)(F)F)C(=O)N4CCC[C@@](Cc5ccc(Cl)cc5)(C4)NC(=O)[C@H](CO)NC(=O)[C@@H]3C)cc2)n1C)C1(C)CC1. The van der Waals surface area contributed by atoms with E-state index < -0.39 is 85.2 Å². The van der Waals surface area contributed by atoms with Gasteiger partial charge in [-0.25, -0.2) is 9.37 Å². The number of aliphatic hydroxyl groups excluding tert-OH is 1. The molecule has 0 spiro atoms. The van der Waals surface area contributed by atoms with Gasteiger partial charge in [-0.1, -0.05) is 42.3 Å². The van der Waals surface area contributed by atoms with E-state index in [1.54, 1.807) is 54.7 Å². The normalized spacial score (nSPS) is 22.7. The van der Waals surface area contributed by atoms with E-state index in [0.717, 1.165) is 47.4 Å². The molecule has 3 aromatic carbocycles. The van der Waals surface area contributed by atoms with Crippen LogP contribution in [0.2, 0.25) is 10.0 Å². The number of hydrogen-bond acceptors (Lipinski definition) is 8. The van der Waals surface area contributed by atoms with Gasteiger partial charge in [-0.3, -0.25) is 24.1 Å². The Morgan fingerprint density at radius 2 is 1.69 bits per heavy atom. The van der Waals surface area contributed by atoms with E-state index in [2.05, 4.69) is 34.4 Å². The second-order valence-corrected chi connectivity index (χ2v) is 19.1. The topological polar surface area (TPSA) is 149 Å². The summed E-state index contributed by atoms with van der Waals surface area (Å²) in [6.45, 7) is 5.42. The molecule has 4 amide bonds. The largest absolute Gasteiger partial charge is 0.457 e. The van der Waals surface area contributed by atoms with Crippen LogP contribution in [0.1, 0.15) is 76.2 Å². The summed E-state index contributed by atoms with van der Waals surface area (Å²) in [5, 5.41) is 16.2. The molecule has 7 rings (SSSR count). The third-order valence-corrected chi connectivity index (χ3v) is 13.8. The molecule has 3 aliphatic rings. The first-order valence-electron chi connectivity index (χ1n) is 22.3. The maximum atomic E-state index is 16.2. The number of fused-ring (bicyclic) bond motifs is 2. The maximum absolute atomic E-state index is 16.2. The quantitative estimate of drug-likeness (QED) is 0.116. The van der Waals surface area contributed by atoms with Crippen molar-refractivity contribution in [3.63, 3.8) is 0 Å². The monoisotopic (exact) mass is 971 g/mol. The molecule has 19 heteroatoms. The standard InChI is InChI=1S/C48H55Cl2F4N7O6/c1-5-60(46(3)16-17-46)26-41-55-24-39(58(41)4)31-9-13-35(14-10-31)67-40-21-34(50)20-37(51)36(40)25-61-29(2)43(64)56-38(27-62)44(65)57-47(22-30-7-11-33(49)12-8-30)15-6-18-59(28-47)45(66)32(19-42(61)63)23-48(52,53)54/h7-14,20-21,24,29,32,38,62H,5-6,15-19,22-23,25-28H2,1-4H3,(H,56,64)(H,57,65)/t29-,32-,38-,47+/m0/s1. The van der Waals surface area contributed by atoms with Crippen molar-refractivity contribution in [2.45, 2.75) is 108 Å². The minimum atomic E-state index is -4.89. The molecular weight excluding hydrogens is 917 g/mol. The molecule has 2 aliphatic heterocycles. The number of imidazole rings is 1. The Morgan fingerprint density at radius 1 is 0.985 bits per heavy atom. The van der Waals surface area contributed by atoms with Gasteiger partial charge in [-0.2, -0.15) is 13.2 Å². The molecule has 1 aliphatic carbocycles. The number of nitrogens with one attached hydrogen (secondary N) is 2. The molecule has 67 heavy (non-hydrogen) atoms. The predicted molar refractivity (Wildman–Crippen MR) is 244 cm³/mol. The molecule has 3 fully saturated rings. The number of piperidine rings is 1. The first-order valence-corrected chi connectivity index (χ1v) is 23.1. The predicted octanol–water partition coefficient (Wildman–Crippen LogP) is 7.59. The minimum absolute atomic E-state index is 0.0396. The number of benzene rings is 3. The average molecular weight is 973 g/mol. The van der Waals surface area contributed by atoms with E-state index in [4.69, 9.17) is 27.9 Å². The summed E-state index contributed by atoms with van der Waals surface area (Å²) in [6, 6.07) is 12.7. The molecule has 13 nitrogen and oxygen atoms in total. The van der Waals surface area contributed by atoms with Gasteiger partial charge in [0.1, 0.15) is 35.2 Å². The second kappa shape index (κ2) is 20.2. The number of rotatable bonds is 13. The van der Waals surface area contributed by atoms with Crippen LogP contribution < -0.4 is 15.4 Å². The van der Waals surface area contributed by atoms with Crippen LogP contribution in [0.25, 0.3) is 11.3 Å². The van der Waals surface area contributed by atoms with Gasteiger partial charge in [-0.05, 0) is 107 Å². The lowest BCUT2D eigenvalue weighted by atomic mass is 9.82. The number of alkyl halides is 3. The van der Waals surface area contributed by atoms with Gasteiger partial charge in [0.15, 0.2) is 0 Å². The molecular formula is C48H55Cl2F4N7O6. The van der Waals surface area contributed by atoms with Crippen LogP contribution in [0.4, 0.5) is 17.6 Å². The number of nitrogens with zero attached hydrogens (tertiary/aromatic N) is 5. The molecule has 4 atom stereocenters. The fourth-order valence-corrected chi connectivity index (χ4v) is 9.48. The summed E-state index contributed by atoms with van der Waals surface area (Å²) in [5.41, 5.74) is 1.03. The van der Waals surface area contributed by atoms with Crippen molar-refractivity contribution < 1.29 is 46.6 Å². The highest BCUT2D eigenvalue weighted by molar-refractivity contribution is 6.31. The van der Waals surface area contributed by atoms with Crippen molar-refractivity contribution in [1.82, 2.24) is 34.9 Å². The summed E-state index contributed by atoms with van der Waals surface area (Å²) < 4.78 is 67.3. The van der Waals surface area contributed by atoms with E-state index in [9.17, 15) is 37.5 Å². The first-order chi connectivity index (χ1) is 31.7. The van der Waals surface area contributed by atoms with Crippen molar-refractivity contribution in [2.75, 3.05) is 26.2 Å². The number of aromatic nitrogens is 2. The maximum Gasteiger partial charge on any atom is 0.389 e. The van der Waals surface area contributed by atoms with Crippen LogP contribution >= 0.6 is 23.2 Å². The summed E-state index contributed by atoms with van der Waals surface area (Å²) >= 11 is 12.4. The van der Waals surface area contributed by atoms with Crippen LogP contribution in [-0.4, -0.2) is 109 Å². The van der Waals surface area contributed by atoms with Gasteiger partial charge >= 0.3 is 6.18 Å².